The number of rotatable bonds is 6. The molecule has 3 aromatic rings. The third-order valence-corrected chi connectivity index (χ3v) is 5.14. The monoisotopic (exact) mass is 422 g/mol. The van der Waals surface area contributed by atoms with Crippen LogP contribution in [0.2, 0.25) is 0 Å². The summed E-state index contributed by atoms with van der Waals surface area (Å²) in [5.41, 5.74) is 5.71. The summed E-state index contributed by atoms with van der Waals surface area (Å²) in [7, 11) is 1.23. The second-order valence-corrected chi connectivity index (χ2v) is 7.04. The van der Waals surface area contributed by atoms with Gasteiger partial charge in [-0.2, -0.15) is 10.6 Å². The molecule has 0 fully saturated rings. The highest BCUT2D eigenvalue weighted by Gasteiger charge is 2.44. The molecule has 0 saturated carbocycles. The van der Waals surface area contributed by atoms with Crippen molar-refractivity contribution in [1.29, 1.82) is 0 Å². The predicted octanol–water partition coefficient (Wildman–Crippen LogP) is 2.84. The van der Waals surface area contributed by atoms with Crippen molar-refractivity contribution in [2.75, 3.05) is 13.7 Å². The zero-order valence-corrected chi connectivity index (χ0v) is 16.8. The van der Waals surface area contributed by atoms with Crippen LogP contribution in [-0.4, -0.2) is 45.5 Å². The largest absolute Gasteiger partial charge is 0.467 e. The fourth-order valence-electron chi connectivity index (χ4n) is 3.68. The Kier molecular flexibility index (Phi) is 5.96. The molecule has 0 bridgehead atoms. The lowest BCUT2D eigenvalue weighted by Crippen LogP contribution is -2.48. The number of esters is 1. The zero-order chi connectivity index (χ0) is 21.8. The van der Waals surface area contributed by atoms with Gasteiger partial charge in [-0.3, -0.25) is 9.74 Å². The maximum absolute atomic E-state index is 12.6. The van der Waals surface area contributed by atoms with E-state index in [1.807, 2.05) is 60.7 Å². The molecule has 2 heterocycles. The predicted molar refractivity (Wildman–Crippen MR) is 110 cm³/mol. The number of hydrogen-bond acceptors (Lipinski definition) is 6. The summed E-state index contributed by atoms with van der Waals surface area (Å²) in [6.45, 7) is 0.296. The third kappa shape index (κ3) is 4.14. The summed E-state index contributed by atoms with van der Waals surface area (Å²) >= 11 is 0. The maximum atomic E-state index is 12.6. The molecule has 160 valence electrons. The van der Waals surface area contributed by atoms with Gasteiger partial charge in [0.05, 0.1) is 37.3 Å². The number of ether oxygens (including phenoxy) is 1. The lowest BCUT2D eigenvalue weighted by atomic mass is 9.96. The number of nitrogens with one attached hydrogen (secondary N) is 1. The highest BCUT2D eigenvalue weighted by molar-refractivity contribution is 5.83. The van der Waals surface area contributed by atoms with Gasteiger partial charge in [0.2, 0.25) is 0 Å². The number of para-hydroxylation sites is 1. The summed E-state index contributed by atoms with van der Waals surface area (Å²) in [5.74, 6) is -0.676. The molecule has 2 unspecified atom stereocenters. The molecule has 31 heavy (non-hydrogen) atoms. The summed E-state index contributed by atoms with van der Waals surface area (Å²) in [6.07, 6.45) is 0.387. The number of nitrogens with zero attached hydrogens (tertiary/aromatic N) is 3. The summed E-state index contributed by atoms with van der Waals surface area (Å²) in [4.78, 5) is 31.3. The molecule has 2 N–H and O–H groups in total. The number of methoxy groups -OCH3 is 1. The molecular formula is C22H22N4O5. The summed E-state index contributed by atoms with van der Waals surface area (Å²) in [5, 5.41) is 14.3. The first kappa shape index (κ1) is 20.6. The average molecular weight is 422 g/mol. The van der Waals surface area contributed by atoms with Crippen molar-refractivity contribution in [3.8, 4) is 5.69 Å². The lowest BCUT2D eigenvalue weighted by Gasteiger charge is -2.36. The number of carboxylic acid groups (broad SMARTS) is 1. The van der Waals surface area contributed by atoms with Crippen LogP contribution in [0.3, 0.4) is 0 Å². The number of hydroxylamine groups is 1. The van der Waals surface area contributed by atoms with Gasteiger partial charge in [-0.15, -0.1) is 0 Å². The van der Waals surface area contributed by atoms with E-state index in [-0.39, 0.29) is 6.54 Å². The first-order chi connectivity index (χ1) is 15.1. The molecule has 1 amide bonds. The molecule has 1 aliphatic heterocycles. The molecule has 0 saturated heterocycles. The van der Waals surface area contributed by atoms with E-state index in [4.69, 9.17) is 9.57 Å². The molecule has 9 nitrogen and oxygen atoms in total. The van der Waals surface area contributed by atoms with Gasteiger partial charge in [-0.25, -0.2) is 14.3 Å². The maximum Gasteiger partial charge on any atom is 0.408 e. The second-order valence-electron chi connectivity index (χ2n) is 7.04. The summed E-state index contributed by atoms with van der Waals surface area (Å²) < 4.78 is 6.49. The van der Waals surface area contributed by atoms with Gasteiger partial charge in [-0.1, -0.05) is 48.5 Å². The van der Waals surface area contributed by atoms with Crippen LogP contribution in [0.25, 0.3) is 5.69 Å². The van der Waals surface area contributed by atoms with Crippen LogP contribution >= 0.6 is 0 Å². The number of aromatic nitrogens is 2. The molecule has 1 aromatic heterocycles. The number of hydrogen-bond donors (Lipinski definition) is 2. The molecular weight excluding hydrogens is 400 g/mol. The topological polar surface area (TPSA) is 106 Å². The standard InChI is InChI=1S/C22H22N4O5/c1-30-21(27)20-19-17(12-23-26(19)16-10-6-3-7-11-16)18(13-25(20)22(28)29)24-31-14-15-8-4-2-5-9-15/h2-12,18,20,24H,13-14H2,1H3,(H,28,29). The fraction of sp³-hybridized carbons (Fsp3) is 0.227. The Hall–Kier alpha value is -3.69. The van der Waals surface area contributed by atoms with E-state index in [0.717, 1.165) is 10.5 Å². The molecule has 9 heteroatoms. The van der Waals surface area contributed by atoms with Crippen LogP contribution in [-0.2, 0) is 21.0 Å². The SMILES string of the molecule is COC(=O)C1c2c(cnn2-c2ccccc2)C(NOCc2ccccc2)CN1C(=O)O. The van der Waals surface area contributed by atoms with E-state index in [1.54, 1.807) is 10.9 Å². The van der Waals surface area contributed by atoms with Crippen molar-refractivity contribution in [1.82, 2.24) is 20.2 Å². The second kappa shape index (κ2) is 8.99. The van der Waals surface area contributed by atoms with E-state index < -0.39 is 24.1 Å². The van der Waals surface area contributed by atoms with Crippen LogP contribution in [0.4, 0.5) is 4.79 Å². The van der Waals surface area contributed by atoms with Crippen LogP contribution in [0.15, 0.2) is 66.9 Å². The van der Waals surface area contributed by atoms with Gasteiger partial charge in [-0.05, 0) is 17.7 Å². The van der Waals surface area contributed by atoms with Gasteiger partial charge >= 0.3 is 12.1 Å². The number of carbonyl (C=O) groups is 2. The minimum atomic E-state index is -1.24. The van der Waals surface area contributed by atoms with E-state index in [2.05, 4.69) is 10.6 Å². The van der Waals surface area contributed by atoms with Crippen molar-refractivity contribution in [2.24, 2.45) is 0 Å². The molecule has 1 aliphatic rings. The van der Waals surface area contributed by atoms with Crippen molar-refractivity contribution in [2.45, 2.75) is 18.7 Å². The fourth-order valence-corrected chi connectivity index (χ4v) is 3.68. The minimum Gasteiger partial charge on any atom is -0.467 e. The normalized spacial score (nSPS) is 17.8. The van der Waals surface area contributed by atoms with E-state index in [9.17, 15) is 14.7 Å². The Morgan fingerprint density at radius 3 is 2.45 bits per heavy atom. The first-order valence-electron chi connectivity index (χ1n) is 9.72. The van der Waals surface area contributed by atoms with Crippen molar-refractivity contribution < 1.29 is 24.3 Å². The Morgan fingerprint density at radius 2 is 1.81 bits per heavy atom. The minimum absolute atomic E-state index is 0.00261. The number of amides is 1. The van der Waals surface area contributed by atoms with Gasteiger partial charge in [0.25, 0.3) is 0 Å². The van der Waals surface area contributed by atoms with Crippen LogP contribution in [0, 0.1) is 0 Å². The van der Waals surface area contributed by atoms with E-state index in [1.165, 1.54) is 7.11 Å². The molecule has 0 spiro atoms. The lowest BCUT2D eigenvalue weighted by molar-refractivity contribution is -0.147. The molecule has 2 atom stereocenters. The number of benzene rings is 2. The average Bonchev–Trinajstić information content (AvgIpc) is 3.24. The van der Waals surface area contributed by atoms with E-state index in [0.29, 0.717) is 23.6 Å². The van der Waals surface area contributed by atoms with Crippen LogP contribution in [0.1, 0.15) is 28.9 Å². The highest BCUT2D eigenvalue weighted by atomic mass is 16.6. The molecule has 4 rings (SSSR count). The highest BCUT2D eigenvalue weighted by Crippen LogP contribution is 2.37. The Morgan fingerprint density at radius 1 is 1.13 bits per heavy atom. The van der Waals surface area contributed by atoms with Crippen molar-refractivity contribution >= 4 is 12.1 Å². The van der Waals surface area contributed by atoms with Gasteiger partial charge in [0, 0.05) is 12.1 Å². The van der Waals surface area contributed by atoms with Gasteiger partial charge < -0.3 is 9.84 Å². The first-order valence-corrected chi connectivity index (χ1v) is 9.72. The van der Waals surface area contributed by atoms with Gasteiger partial charge in [0.15, 0.2) is 6.04 Å². The van der Waals surface area contributed by atoms with Crippen LogP contribution in [0.5, 0.6) is 0 Å². The van der Waals surface area contributed by atoms with Crippen molar-refractivity contribution in [3.63, 3.8) is 0 Å². The van der Waals surface area contributed by atoms with Gasteiger partial charge in [0.1, 0.15) is 0 Å². The van der Waals surface area contributed by atoms with E-state index >= 15 is 0 Å². The smallest absolute Gasteiger partial charge is 0.408 e. The summed E-state index contributed by atoms with van der Waals surface area (Å²) in [6, 6.07) is 17.1. The molecule has 2 aromatic carbocycles. The Bertz CT molecular complexity index is 1050. The zero-order valence-electron chi connectivity index (χ0n) is 16.8. The Balaban J connectivity index is 1.69. The number of fused-ring (bicyclic) bond motifs is 1. The molecule has 0 radical (unpaired) electrons. The quantitative estimate of drug-likeness (QED) is 0.465. The third-order valence-electron chi connectivity index (χ3n) is 5.14. The van der Waals surface area contributed by atoms with Crippen molar-refractivity contribution in [3.05, 3.63) is 83.7 Å². The van der Waals surface area contributed by atoms with Crippen LogP contribution < -0.4 is 5.48 Å². The number of carbonyl (C=O) groups excluding carboxylic acids is 1. The molecule has 0 aliphatic carbocycles. The Labute approximate surface area is 178 Å².